The second kappa shape index (κ2) is 11.6. The molecule has 1 aromatic heterocycles. The third-order valence-corrected chi connectivity index (χ3v) is 6.31. The topological polar surface area (TPSA) is 82.5 Å². The minimum Gasteiger partial charge on any atom is -0.463 e. The van der Waals surface area contributed by atoms with E-state index in [2.05, 4.69) is 56.4 Å². The summed E-state index contributed by atoms with van der Waals surface area (Å²) in [4.78, 5) is 6.74. The van der Waals surface area contributed by atoms with Crippen molar-refractivity contribution in [2.24, 2.45) is 0 Å². The quantitative estimate of drug-likeness (QED) is 0.469. The third-order valence-electron chi connectivity index (χ3n) is 6.31. The molecule has 1 N–H and O–H groups in total. The van der Waals surface area contributed by atoms with E-state index in [4.69, 9.17) is 4.42 Å². The minimum atomic E-state index is 0.178. The largest absolute Gasteiger partial charge is 0.463 e. The van der Waals surface area contributed by atoms with Crippen LogP contribution < -0.4 is 5.32 Å². The van der Waals surface area contributed by atoms with E-state index in [9.17, 15) is 10.5 Å². The maximum absolute atomic E-state index is 9.51. The molecule has 2 aromatic rings. The number of nitrogens with zero attached hydrogens (tertiary/aromatic N) is 5. The van der Waals surface area contributed by atoms with Gasteiger partial charge in [0.2, 0.25) is 0 Å². The Hall–Kier alpha value is -3.26. The Morgan fingerprint density at radius 1 is 0.848 bits per heavy atom. The van der Waals surface area contributed by atoms with Crippen LogP contribution in [0.3, 0.4) is 0 Å². The SMILES string of the molecule is N#CC(C#N)=C1N(CCNCc2ccc(CN3CCCCC3)o2)CCN1Cc1ccccc1. The molecule has 2 aliphatic rings. The molecule has 0 atom stereocenters. The Morgan fingerprint density at radius 2 is 1.58 bits per heavy atom. The lowest BCUT2D eigenvalue weighted by Crippen LogP contribution is -2.31. The highest BCUT2D eigenvalue weighted by Crippen LogP contribution is 2.24. The van der Waals surface area contributed by atoms with Crippen LogP contribution in [-0.2, 0) is 19.6 Å². The summed E-state index contributed by atoms with van der Waals surface area (Å²) in [7, 11) is 0. The van der Waals surface area contributed by atoms with Crippen molar-refractivity contribution in [2.75, 3.05) is 39.3 Å². The summed E-state index contributed by atoms with van der Waals surface area (Å²) < 4.78 is 6.01. The summed E-state index contributed by atoms with van der Waals surface area (Å²) in [6, 6.07) is 18.5. The summed E-state index contributed by atoms with van der Waals surface area (Å²) in [5.41, 5.74) is 1.35. The molecule has 0 unspecified atom stereocenters. The van der Waals surface area contributed by atoms with Gasteiger partial charge < -0.3 is 19.5 Å². The van der Waals surface area contributed by atoms with Crippen LogP contribution in [0.25, 0.3) is 0 Å². The molecule has 3 heterocycles. The highest BCUT2D eigenvalue weighted by atomic mass is 16.3. The molecule has 172 valence electrons. The average Bonchev–Trinajstić information content (AvgIpc) is 3.46. The number of nitriles is 2. The molecule has 1 aromatic carbocycles. The van der Waals surface area contributed by atoms with Gasteiger partial charge in [-0.3, -0.25) is 4.90 Å². The van der Waals surface area contributed by atoms with Crippen LogP contribution in [0.2, 0.25) is 0 Å². The standard InChI is InChI=1S/C26H32N6O/c27-17-23(18-28)26-31(15-16-32(26)20-22-7-3-1-4-8-22)14-11-29-19-24-9-10-25(33-24)21-30-12-5-2-6-13-30/h1,3-4,7-10,29H,2,5-6,11-16,19-21H2. The van der Waals surface area contributed by atoms with Crippen molar-refractivity contribution in [3.8, 4) is 12.1 Å². The zero-order valence-corrected chi connectivity index (χ0v) is 19.2. The van der Waals surface area contributed by atoms with Gasteiger partial charge in [-0.05, 0) is 43.6 Å². The fourth-order valence-electron chi connectivity index (χ4n) is 4.64. The lowest BCUT2D eigenvalue weighted by atomic mass is 10.1. The molecular formula is C26H32N6O. The molecule has 7 nitrogen and oxygen atoms in total. The Labute approximate surface area is 196 Å². The van der Waals surface area contributed by atoms with Gasteiger partial charge in [-0.1, -0.05) is 36.8 Å². The van der Waals surface area contributed by atoms with Crippen molar-refractivity contribution in [1.29, 1.82) is 10.5 Å². The number of hydrogen-bond acceptors (Lipinski definition) is 7. The molecule has 0 saturated carbocycles. The van der Waals surface area contributed by atoms with Gasteiger partial charge in [0.25, 0.3) is 0 Å². The van der Waals surface area contributed by atoms with Crippen LogP contribution in [0.5, 0.6) is 0 Å². The molecule has 7 heteroatoms. The molecule has 2 fully saturated rings. The maximum Gasteiger partial charge on any atom is 0.169 e. The Morgan fingerprint density at radius 3 is 2.33 bits per heavy atom. The van der Waals surface area contributed by atoms with Gasteiger partial charge in [-0.15, -0.1) is 0 Å². The van der Waals surface area contributed by atoms with Gasteiger partial charge in [-0.2, -0.15) is 10.5 Å². The summed E-state index contributed by atoms with van der Waals surface area (Å²) in [5, 5.41) is 22.5. The van der Waals surface area contributed by atoms with Crippen molar-refractivity contribution < 1.29 is 4.42 Å². The molecular weight excluding hydrogens is 412 g/mol. The predicted molar refractivity (Wildman–Crippen MR) is 126 cm³/mol. The van der Waals surface area contributed by atoms with Crippen molar-refractivity contribution in [3.63, 3.8) is 0 Å². The average molecular weight is 445 g/mol. The van der Waals surface area contributed by atoms with E-state index in [0.717, 1.165) is 63.2 Å². The predicted octanol–water partition coefficient (Wildman–Crippen LogP) is 3.43. The van der Waals surface area contributed by atoms with Crippen LogP contribution in [0.1, 0.15) is 36.3 Å². The van der Waals surface area contributed by atoms with Gasteiger partial charge >= 0.3 is 0 Å². The Kier molecular flexibility index (Phi) is 8.03. The number of rotatable bonds is 9. The van der Waals surface area contributed by atoms with Gasteiger partial charge in [0.15, 0.2) is 5.57 Å². The molecule has 2 aliphatic heterocycles. The summed E-state index contributed by atoms with van der Waals surface area (Å²) in [5.74, 6) is 2.72. The summed E-state index contributed by atoms with van der Waals surface area (Å²) in [6.07, 6.45) is 3.90. The molecule has 0 spiro atoms. The number of benzene rings is 1. The minimum absolute atomic E-state index is 0.178. The molecule has 2 saturated heterocycles. The van der Waals surface area contributed by atoms with E-state index >= 15 is 0 Å². The highest BCUT2D eigenvalue weighted by molar-refractivity contribution is 5.40. The first-order valence-electron chi connectivity index (χ1n) is 11.9. The fourth-order valence-corrected chi connectivity index (χ4v) is 4.64. The molecule has 0 bridgehead atoms. The number of nitrogens with one attached hydrogen (secondary N) is 1. The lowest BCUT2D eigenvalue weighted by Gasteiger charge is -2.25. The normalized spacial score (nSPS) is 16.6. The lowest BCUT2D eigenvalue weighted by molar-refractivity contribution is 0.203. The van der Waals surface area contributed by atoms with Crippen LogP contribution >= 0.6 is 0 Å². The van der Waals surface area contributed by atoms with E-state index in [1.807, 2.05) is 18.2 Å². The number of likely N-dealkylation sites (tertiary alicyclic amines) is 1. The number of hydrogen-bond donors (Lipinski definition) is 1. The van der Waals surface area contributed by atoms with Gasteiger partial charge in [0.1, 0.15) is 29.5 Å². The van der Waals surface area contributed by atoms with Crippen LogP contribution in [0.4, 0.5) is 0 Å². The second-order valence-electron chi connectivity index (χ2n) is 8.70. The first kappa shape index (κ1) is 22.9. The highest BCUT2D eigenvalue weighted by Gasteiger charge is 2.28. The third kappa shape index (κ3) is 6.16. The zero-order chi connectivity index (χ0) is 22.9. The molecule has 4 rings (SSSR count). The maximum atomic E-state index is 9.51. The second-order valence-corrected chi connectivity index (χ2v) is 8.70. The monoisotopic (exact) mass is 444 g/mol. The van der Waals surface area contributed by atoms with Crippen LogP contribution in [0.15, 0.2) is 58.3 Å². The number of piperidine rings is 1. The van der Waals surface area contributed by atoms with E-state index in [0.29, 0.717) is 13.1 Å². The summed E-state index contributed by atoms with van der Waals surface area (Å²) in [6.45, 7) is 7.66. The number of furan rings is 1. The van der Waals surface area contributed by atoms with Crippen molar-refractivity contribution in [2.45, 2.75) is 38.9 Å². The Balaban J connectivity index is 1.28. The first-order chi connectivity index (χ1) is 16.3. The fraction of sp³-hybridized carbons (Fsp3) is 0.462. The molecule has 0 aliphatic carbocycles. The van der Waals surface area contributed by atoms with Crippen molar-refractivity contribution in [3.05, 3.63) is 70.9 Å². The summed E-state index contributed by atoms with van der Waals surface area (Å²) >= 11 is 0. The van der Waals surface area contributed by atoms with Crippen LogP contribution in [0, 0.1) is 22.7 Å². The van der Waals surface area contributed by atoms with Crippen molar-refractivity contribution >= 4 is 0 Å². The van der Waals surface area contributed by atoms with Gasteiger partial charge in [-0.25, -0.2) is 0 Å². The number of allylic oxidation sites excluding steroid dienone is 1. The Bertz CT molecular complexity index is 993. The van der Waals surface area contributed by atoms with Crippen molar-refractivity contribution in [1.82, 2.24) is 20.0 Å². The van der Waals surface area contributed by atoms with E-state index < -0.39 is 0 Å². The zero-order valence-electron chi connectivity index (χ0n) is 19.2. The van der Waals surface area contributed by atoms with E-state index in [1.165, 1.54) is 24.8 Å². The smallest absolute Gasteiger partial charge is 0.169 e. The van der Waals surface area contributed by atoms with Gasteiger partial charge in [0.05, 0.1) is 13.1 Å². The molecule has 0 radical (unpaired) electrons. The van der Waals surface area contributed by atoms with Crippen LogP contribution in [-0.4, -0.2) is 54.0 Å². The van der Waals surface area contributed by atoms with Gasteiger partial charge in [0, 0.05) is 32.7 Å². The first-order valence-corrected chi connectivity index (χ1v) is 11.9. The molecule has 33 heavy (non-hydrogen) atoms. The molecule has 0 amide bonds. The van der Waals surface area contributed by atoms with E-state index in [-0.39, 0.29) is 5.57 Å². The van der Waals surface area contributed by atoms with E-state index in [1.54, 1.807) is 0 Å².